The summed E-state index contributed by atoms with van der Waals surface area (Å²) < 4.78 is 27.6. The lowest BCUT2D eigenvalue weighted by Crippen LogP contribution is -2.32. The van der Waals surface area contributed by atoms with Crippen LogP contribution < -0.4 is 10.0 Å². The third-order valence-electron chi connectivity index (χ3n) is 3.86. The summed E-state index contributed by atoms with van der Waals surface area (Å²) in [5.74, 6) is -0.235. The van der Waals surface area contributed by atoms with Gasteiger partial charge < -0.3 is 5.32 Å². The maximum atomic E-state index is 12.5. The van der Waals surface area contributed by atoms with Crippen molar-refractivity contribution in [3.8, 4) is 0 Å². The van der Waals surface area contributed by atoms with Crippen LogP contribution >= 0.6 is 11.6 Å². The highest BCUT2D eigenvalue weighted by atomic mass is 35.5. The number of nitrogens with one attached hydrogen (secondary N) is 2. The lowest BCUT2D eigenvalue weighted by atomic mass is 10.1. The van der Waals surface area contributed by atoms with Crippen LogP contribution in [0.5, 0.6) is 0 Å². The van der Waals surface area contributed by atoms with E-state index in [4.69, 9.17) is 11.6 Å². The molecule has 1 amide bonds. The van der Waals surface area contributed by atoms with E-state index < -0.39 is 10.0 Å². The molecule has 2 rings (SSSR count). The van der Waals surface area contributed by atoms with Gasteiger partial charge >= 0.3 is 0 Å². The van der Waals surface area contributed by atoms with Gasteiger partial charge in [-0.3, -0.25) is 9.52 Å². The molecule has 0 fully saturated rings. The number of sulfonamides is 1. The van der Waals surface area contributed by atoms with Gasteiger partial charge in [-0.15, -0.1) is 0 Å². The van der Waals surface area contributed by atoms with Crippen molar-refractivity contribution in [2.45, 2.75) is 38.1 Å². The fourth-order valence-corrected chi connectivity index (χ4v) is 3.35. The quantitative estimate of drug-likeness (QED) is 0.795. The van der Waals surface area contributed by atoms with E-state index in [9.17, 15) is 13.2 Å². The van der Waals surface area contributed by atoms with Crippen LogP contribution in [0.1, 0.15) is 36.2 Å². The summed E-state index contributed by atoms with van der Waals surface area (Å²) in [5, 5.41) is 3.32. The van der Waals surface area contributed by atoms with Gasteiger partial charge in [0.15, 0.2) is 0 Å². The van der Waals surface area contributed by atoms with Crippen molar-refractivity contribution < 1.29 is 13.2 Å². The van der Waals surface area contributed by atoms with E-state index in [1.807, 2.05) is 13.8 Å². The van der Waals surface area contributed by atoms with Gasteiger partial charge in [0.05, 0.1) is 10.6 Å². The number of halogens is 1. The van der Waals surface area contributed by atoms with Gasteiger partial charge in [-0.2, -0.15) is 0 Å². The topological polar surface area (TPSA) is 75.3 Å². The van der Waals surface area contributed by atoms with Gasteiger partial charge in [0.2, 0.25) is 0 Å². The van der Waals surface area contributed by atoms with Gasteiger partial charge in [-0.1, -0.05) is 24.6 Å². The summed E-state index contributed by atoms with van der Waals surface area (Å²) in [4.78, 5) is 12.4. The Kier molecular flexibility index (Phi) is 6.08. The normalized spacial score (nSPS) is 12.5. The Hall–Kier alpha value is -2.05. The van der Waals surface area contributed by atoms with Crippen LogP contribution in [-0.2, 0) is 10.0 Å². The predicted octanol–water partition coefficient (Wildman–Crippen LogP) is 3.98. The van der Waals surface area contributed by atoms with E-state index >= 15 is 0 Å². The van der Waals surface area contributed by atoms with Gasteiger partial charge in [-0.05, 0) is 62.2 Å². The van der Waals surface area contributed by atoms with Crippen molar-refractivity contribution in [2.75, 3.05) is 4.72 Å². The first-order chi connectivity index (χ1) is 11.7. The lowest BCUT2D eigenvalue weighted by Gasteiger charge is -2.14. The smallest absolute Gasteiger partial charge is 0.261 e. The van der Waals surface area contributed by atoms with E-state index in [0.717, 1.165) is 12.0 Å². The predicted molar refractivity (Wildman–Crippen MR) is 101 cm³/mol. The number of carbonyl (C=O) groups is 1. The molecule has 0 saturated carbocycles. The fourth-order valence-electron chi connectivity index (χ4n) is 2.10. The van der Waals surface area contributed by atoms with E-state index in [-0.39, 0.29) is 16.8 Å². The van der Waals surface area contributed by atoms with Gasteiger partial charge in [-0.25, -0.2) is 8.42 Å². The number of hydrogen-bond acceptors (Lipinski definition) is 3. The van der Waals surface area contributed by atoms with E-state index in [1.165, 1.54) is 24.3 Å². The molecular weight excluding hydrogens is 360 g/mol. The van der Waals surface area contributed by atoms with Crippen LogP contribution in [0.4, 0.5) is 5.69 Å². The highest BCUT2D eigenvalue weighted by Gasteiger charge is 2.17. The van der Waals surface area contributed by atoms with Crippen molar-refractivity contribution in [1.29, 1.82) is 0 Å². The lowest BCUT2D eigenvalue weighted by molar-refractivity contribution is 0.0939. The van der Waals surface area contributed by atoms with Crippen molar-refractivity contribution in [3.63, 3.8) is 0 Å². The van der Waals surface area contributed by atoms with Crippen LogP contribution in [0, 0.1) is 6.92 Å². The Labute approximate surface area is 153 Å². The molecule has 2 aromatic carbocycles. The largest absolute Gasteiger partial charge is 0.350 e. The van der Waals surface area contributed by atoms with Gasteiger partial charge in [0.25, 0.3) is 15.9 Å². The molecule has 25 heavy (non-hydrogen) atoms. The molecule has 0 unspecified atom stereocenters. The standard InChI is InChI=1S/C18H21ClN2O3S/c1-4-13(3)20-18(22)14-6-5-12(2)17(11-14)21-25(23,24)16-9-7-15(19)8-10-16/h5-11,13,21H,4H2,1-3H3,(H,20,22)/t13-/m0/s1. The van der Waals surface area contributed by atoms with E-state index in [0.29, 0.717) is 16.3 Å². The Morgan fingerprint density at radius 3 is 2.40 bits per heavy atom. The zero-order chi connectivity index (χ0) is 18.6. The minimum Gasteiger partial charge on any atom is -0.350 e. The third-order valence-corrected chi connectivity index (χ3v) is 5.49. The van der Waals surface area contributed by atoms with Gasteiger partial charge in [0.1, 0.15) is 0 Å². The van der Waals surface area contributed by atoms with E-state index in [2.05, 4.69) is 10.0 Å². The molecule has 0 aliphatic rings. The molecule has 0 aromatic heterocycles. The highest BCUT2D eigenvalue weighted by Crippen LogP contribution is 2.22. The molecule has 0 bridgehead atoms. The van der Waals surface area contributed by atoms with Crippen LogP contribution in [0.25, 0.3) is 0 Å². The van der Waals surface area contributed by atoms with Crippen molar-refractivity contribution in [3.05, 3.63) is 58.6 Å². The SMILES string of the molecule is CC[C@H](C)NC(=O)c1ccc(C)c(NS(=O)(=O)c2ccc(Cl)cc2)c1. The third kappa shape index (κ3) is 4.96. The molecule has 0 heterocycles. The molecule has 2 N–H and O–H groups in total. The summed E-state index contributed by atoms with van der Waals surface area (Å²) in [6.45, 7) is 5.66. The maximum Gasteiger partial charge on any atom is 0.261 e. The molecule has 2 aromatic rings. The molecule has 0 aliphatic heterocycles. The summed E-state index contributed by atoms with van der Waals surface area (Å²) >= 11 is 5.80. The molecular formula is C18H21ClN2O3S. The molecule has 7 heteroatoms. The molecule has 0 radical (unpaired) electrons. The van der Waals surface area contributed by atoms with Crippen LogP contribution in [0.15, 0.2) is 47.4 Å². The minimum absolute atomic E-state index is 0.0445. The Bertz CT molecular complexity index is 864. The van der Waals surface area contributed by atoms with Crippen molar-refractivity contribution in [2.24, 2.45) is 0 Å². The second-order valence-corrected chi connectivity index (χ2v) is 7.99. The first-order valence-electron chi connectivity index (χ1n) is 7.93. The number of hydrogen-bond donors (Lipinski definition) is 2. The first-order valence-corrected chi connectivity index (χ1v) is 9.79. The second kappa shape index (κ2) is 7.89. The molecule has 5 nitrogen and oxygen atoms in total. The van der Waals surface area contributed by atoms with Gasteiger partial charge in [0, 0.05) is 16.6 Å². The van der Waals surface area contributed by atoms with E-state index in [1.54, 1.807) is 25.1 Å². The molecule has 0 aliphatic carbocycles. The second-order valence-electron chi connectivity index (χ2n) is 5.87. The van der Waals surface area contributed by atoms with Crippen LogP contribution in [0.3, 0.4) is 0 Å². The number of rotatable bonds is 6. The van der Waals surface area contributed by atoms with Crippen molar-refractivity contribution in [1.82, 2.24) is 5.32 Å². The zero-order valence-electron chi connectivity index (χ0n) is 14.3. The Morgan fingerprint density at radius 1 is 1.16 bits per heavy atom. The molecule has 134 valence electrons. The number of carbonyl (C=O) groups excluding carboxylic acids is 1. The monoisotopic (exact) mass is 380 g/mol. The molecule has 1 atom stereocenters. The maximum absolute atomic E-state index is 12.5. The minimum atomic E-state index is -3.76. The highest BCUT2D eigenvalue weighted by molar-refractivity contribution is 7.92. The summed E-state index contributed by atoms with van der Waals surface area (Å²) in [6.07, 6.45) is 0.813. The van der Waals surface area contributed by atoms with Crippen molar-refractivity contribution >= 4 is 33.2 Å². The first kappa shape index (κ1) is 19.3. The Balaban J connectivity index is 2.28. The summed E-state index contributed by atoms with van der Waals surface area (Å²) in [5.41, 5.74) is 1.49. The number of anilines is 1. The molecule has 0 saturated heterocycles. The number of benzene rings is 2. The Morgan fingerprint density at radius 2 is 1.80 bits per heavy atom. The number of aryl methyl sites for hydroxylation is 1. The van der Waals surface area contributed by atoms with Crippen LogP contribution in [0.2, 0.25) is 5.02 Å². The average Bonchev–Trinajstić information content (AvgIpc) is 2.56. The summed E-state index contributed by atoms with van der Waals surface area (Å²) in [7, 11) is -3.76. The zero-order valence-corrected chi connectivity index (χ0v) is 15.9. The average molecular weight is 381 g/mol. The van der Waals surface area contributed by atoms with Crippen LogP contribution in [-0.4, -0.2) is 20.4 Å². The fraction of sp³-hybridized carbons (Fsp3) is 0.278. The summed E-state index contributed by atoms with van der Waals surface area (Å²) in [6, 6.07) is 10.9. The number of amides is 1. The molecule has 0 spiro atoms.